The number of benzene rings is 1. The van der Waals surface area contributed by atoms with Crippen LogP contribution in [-0.2, 0) is 17.3 Å². The molecule has 6 heteroatoms. The van der Waals surface area contributed by atoms with Crippen LogP contribution in [0.4, 0.5) is 13.2 Å². The molecule has 1 aromatic rings. The van der Waals surface area contributed by atoms with Crippen LogP contribution in [0, 0.1) is 0 Å². The van der Waals surface area contributed by atoms with Gasteiger partial charge in [-0.1, -0.05) is 22.0 Å². The summed E-state index contributed by atoms with van der Waals surface area (Å²) in [6.07, 6.45) is -3.86. The molecular weight excluding hydrogens is 299 g/mol. The quantitative estimate of drug-likeness (QED) is 0.928. The highest BCUT2D eigenvalue weighted by atomic mass is 79.9. The monoisotopic (exact) mass is 311 g/mol. The first-order chi connectivity index (χ1) is 7.84. The predicted octanol–water partition coefficient (Wildman–Crippen LogP) is 2.98. The fourth-order valence-corrected chi connectivity index (χ4v) is 1.99. The molecular formula is C11H13BrF3NO. The highest BCUT2D eigenvalue weighted by Gasteiger charge is 2.30. The molecule has 0 aromatic heterocycles. The molecule has 0 aliphatic rings. The summed E-state index contributed by atoms with van der Waals surface area (Å²) in [5.41, 5.74) is 5.81. The summed E-state index contributed by atoms with van der Waals surface area (Å²) in [4.78, 5) is 0. The normalized spacial score (nSPS) is 13.8. The number of alkyl halides is 3. The Morgan fingerprint density at radius 2 is 2.06 bits per heavy atom. The molecule has 2 nitrogen and oxygen atoms in total. The number of hydrogen-bond donors (Lipinski definition) is 1. The van der Waals surface area contributed by atoms with E-state index in [4.69, 9.17) is 10.5 Å². The molecule has 17 heavy (non-hydrogen) atoms. The third-order valence-corrected chi connectivity index (χ3v) is 2.98. The summed E-state index contributed by atoms with van der Waals surface area (Å²) in [6.45, 7) is 0.369. The average Bonchev–Trinajstić information content (AvgIpc) is 2.20. The zero-order valence-corrected chi connectivity index (χ0v) is 10.8. The predicted molar refractivity (Wildman–Crippen MR) is 62.7 cm³/mol. The van der Waals surface area contributed by atoms with E-state index in [9.17, 15) is 13.2 Å². The lowest BCUT2D eigenvalue weighted by molar-refractivity contribution is -0.137. The highest BCUT2D eigenvalue weighted by molar-refractivity contribution is 9.10. The molecule has 0 heterocycles. The van der Waals surface area contributed by atoms with Gasteiger partial charge < -0.3 is 10.5 Å². The summed E-state index contributed by atoms with van der Waals surface area (Å²) in [7, 11) is 1.53. The Morgan fingerprint density at radius 1 is 1.41 bits per heavy atom. The van der Waals surface area contributed by atoms with Crippen molar-refractivity contribution in [3.8, 4) is 0 Å². The molecule has 0 saturated carbocycles. The Morgan fingerprint density at radius 3 is 2.53 bits per heavy atom. The molecule has 1 aromatic carbocycles. The molecule has 0 saturated heterocycles. The smallest absolute Gasteiger partial charge is 0.383 e. The summed E-state index contributed by atoms with van der Waals surface area (Å²) < 4.78 is 42.5. The van der Waals surface area contributed by atoms with Crippen molar-refractivity contribution in [2.75, 3.05) is 13.7 Å². The van der Waals surface area contributed by atoms with Crippen molar-refractivity contribution in [1.29, 1.82) is 0 Å². The molecule has 2 N–H and O–H groups in total. The van der Waals surface area contributed by atoms with Crippen LogP contribution in [0.1, 0.15) is 11.1 Å². The minimum Gasteiger partial charge on any atom is -0.383 e. The molecule has 0 bridgehead atoms. The maximum Gasteiger partial charge on any atom is 0.416 e. The van der Waals surface area contributed by atoms with E-state index in [1.54, 1.807) is 0 Å². The second-order valence-corrected chi connectivity index (χ2v) is 4.58. The van der Waals surface area contributed by atoms with E-state index in [1.807, 2.05) is 0 Å². The maximum absolute atomic E-state index is 12.4. The van der Waals surface area contributed by atoms with E-state index < -0.39 is 11.7 Å². The molecule has 96 valence electrons. The molecule has 0 fully saturated rings. The number of ether oxygens (including phenoxy) is 1. The number of nitrogens with two attached hydrogens (primary N) is 1. The van der Waals surface area contributed by atoms with Crippen LogP contribution in [-0.4, -0.2) is 19.8 Å². The Hall–Kier alpha value is -0.590. The van der Waals surface area contributed by atoms with Gasteiger partial charge in [-0.2, -0.15) is 13.2 Å². The third-order valence-electron chi connectivity index (χ3n) is 2.24. The van der Waals surface area contributed by atoms with Crippen molar-refractivity contribution >= 4 is 15.9 Å². The third kappa shape index (κ3) is 4.29. The van der Waals surface area contributed by atoms with E-state index in [0.29, 0.717) is 17.5 Å². The molecule has 0 radical (unpaired) electrons. The van der Waals surface area contributed by atoms with E-state index >= 15 is 0 Å². The van der Waals surface area contributed by atoms with Crippen LogP contribution in [0.15, 0.2) is 22.7 Å². The molecule has 1 rings (SSSR count). The first-order valence-corrected chi connectivity index (χ1v) is 5.74. The Bertz CT molecular complexity index is 381. The van der Waals surface area contributed by atoms with Gasteiger partial charge in [0, 0.05) is 17.6 Å². The van der Waals surface area contributed by atoms with E-state index in [2.05, 4.69) is 15.9 Å². The number of hydrogen-bond acceptors (Lipinski definition) is 2. The van der Waals surface area contributed by atoms with Crippen LogP contribution in [0.3, 0.4) is 0 Å². The molecule has 0 spiro atoms. The Labute approximate surface area is 106 Å². The SMILES string of the molecule is COCC(N)Cc1ccc(C(F)(F)F)cc1Br. The van der Waals surface area contributed by atoms with Crippen molar-refractivity contribution in [2.24, 2.45) is 5.73 Å². The second-order valence-electron chi connectivity index (χ2n) is 3.72. The highest BCUT2D eigenvalue weighted by Crippen LogP contribution is 2.32. The summed E-state index contributed by atoms with van der Waals surface area (Å²) in [6, 6.07) is 3.32. The fraction of sp³-hybridized carbons (Fsp3) is 0.455. The zero-order chi connectivity index (χ0) is 13.1. The van der Waals surface area contributed by atoms with Gasteiger partial charge in [-0.25, -0.2) is 0 Å². The molecule has 0 aliphatic heterocycles. The van der Waals surface area contributed by atoms with Crippen molar-refractivity contribution in [1.82, 2.24) is 0 Å². The van der Waals surface area contributed by atoms with Gasteiger partial charge in [0.25, 0.3) is 0 Å². The van der Waals surface area contributed by atoms with Crippen LogP contribution < -0.4 is 5.73 Å². The number of methoxy groups -OCH3 is 1. The lowest BCUT2D eigenvalue weighted by Gasteiger charge is -2.13. The molecule has 0 aliphatic carbocycles. The number of halogens is 4. The fourth-order valence-electron chi connectivity index (χ4n) is 1.44. The van der Waals surface area contributed by atoms with Gasteiger partial charge in [-0.05, 0) is 24.1 Å². The topological polar surface area (TPSA) is 35.2 Å². The van der Waals surface area contributed by atoms with E-state index in [0.717, 1.165) is 17.7 Å². The zero-order valence-electron chi connectivity index (χ0n) is 9.22. The van der Waals surface area contributed by atoms with Crippen LogP contribution in [0.5, 0.6) is 0 Å². The minimum atomic E-state index is -4.32. The summed E-state index contributed by atoms with van der Waals surface area (Å²) >= 11 is 3.12. The number of rotatable bonds is 4. The van der Waals surface area contributed by atoms with Crippen molar-refractivity contribution in [3.63, 3.8) is 0 Å². The van der Waals surface area contributed by atoms with Gasteiger partial charge in [-0.15, -0.1) is 0 Å². The standard InChI is InChI=1S/C11H13BrF3NO/c1-17-6-9(16)4-7-2-3-8(5-10(7)12)11(13,14)15/h2-3,5,9H,4,6,16H2,1H3. The van der Waals surface area contributed by atoms with Gasteiger partial charge in [0.05, 0.1) is 12.2 Å². The van der Waals surface area contributed by atoms with Crippen molar-refractivity contribution < 1.29 is 17.9 Å². The largest absolute Gasteiger partial charge is 0.416 e. The lowest BCUT2D eigenvalue weighted by Crippen LogP contribution is -2.28. The minimum absolute atomic E-state index is 0.229. The van der Waals surface area contributed by atoms with E-state index in [1.165, 1.54) is 13.2 Å². The van der Waals surface area contributed by atoms with Gasteiger partial charge in [-0.3, -0.25) is 0 Å². The van der Waals surface area contributed by atoms with Gasteiger partial charge in [0.2, 0.25) is 0 Å². The Balaban J connectivity index is 2.83. The summed E-state index contributed by atoms with van der Waals surface area (Å²) in [5, 5.41) is 0. The van der Waals surface area contributed by atoms with Crippen molar-refractivity contribution in [2.45, 2.75) is 18.6 Å². The lowest BCUT2D eigenvalue weighted by atomic mass is 10.0. The van der Waals surface area contributed by atoms with Crippen LogP contribution >= 0.6 is 15.9 Å². The Kier molecular flexibility index (Phi) is 4.97. The first-order valence-electron chi connectivity index (χ1n) is 4.94. The molecule has 1 unspecified atom stereocenters. The maximum atomic E-state index is 12.4. The molecule has 0 amide bonds. The van der Waals surface area contributed by atoms with Crippen molar-refractivity contribution in [3.05, 3.63) is 33.8 Å². The van der Waals surface area contributed by atoms with Gasteiger partial charge in [0.1, 0.15) is 0 Å². The van der Waals surface area contributed by atoms with Gasteiger partial charge in [0.15, 0.2) is 0 Å². The summed E-state index contributed by atoms with van der Waals surface area (Å²) in [5.74, 6) is 0. The van der Waals surface area contributed by atoms with Gasteiger partial charge >= 0.3 is 6.18 Å². The molecule has 1 atom stereocenters. The van der Waals surface area contributed by atoms with Crippen LogP contribution in [0.25, 0.3) is 0 Å². The first kappa shape index (κ1) is 14.5. The second kappa shape index (κ2) is 5.84. The average molecular weight is 312 g/mol. The van der Waals surface area contributed by atoms with Crippen LogP contribution in [0.2, 0.25) is 0 Å². The van der Waals surface area contributed by atoms with E-state index in [-0.39, 0.29) is 6.04 Å².